The second-order valence-corrected chi connectivity index (χ2v) is 6.99. The van der Waals surface area contributed by atoms with Crippen LogP contribution in [0.25, 0.3) is 11.0 Å². The Balaban J connectivity index is 1.62. The molecule has 1 aromatic heterocycles. The summed E-state index contributed by atoms with van der Waals surface area (Å²) in [6, 6.07) is 5.70. The Morgan fingerprint density at radius 1 is 1.36 bits per heavy atom. The number of carbonyl (C=O) groups excluding carboxylic acids is 2. The predicted octanol–water partition coefficient (Wildman–Crippen LogP) is 2.44. The molecule has 2 aliphatic rings. The first-order valence-corrected chi connectivity index (χ1v) is 8.61. The van der Waals surface area contributed by atoms with Gasteiger partial charge in [-0.25, -0.2) is 0 Å². The molecule has 0 unspecified atom stereocenters. The number of piperidine rings is 1. The minimum absolute atomic E-state index is 0.0983. The second kappa shape index (κ2) is 5.79. The van der Waals surface area contributed by atoms with Crippen molar-refractivity contribution in [1.82, 2.24) is 9.80 Å². The molecular weight excluding hydrogens is 320 g/mol. The van der Waals surface area contributed by atoms with Crippen LogP contribution in [0.4, 0.5) is 0 Å². The van der Waals surface area contributed by atoms with E-state index in [0.29, 0.717) is 42.5 Å². The fourth-order valence-electron chi connectivity index (χ4n) is 4.08. The number of hydrogen-bond acceptors (Lipinski definition) is 4. The summed E-state index contributed by atoms with van der Waals surface area (Å²) in [6.07, 6.45) is 1.46. The zero-order valence-corrected chi connectivity index (χ0v) is 14.7. The molecule has 6 heteroatoms. The van der Waals surface area contributed by atoms with Gasteiger partial charge in [0.05, 0.1) is 13.2 Å². The molecule has 3 heterocycles. The fourth-order valence-corrected chi connectivity index (χ4v) is 4.08. The average molecular weight is 342 g/mol. The van der Waals surface area contributed by atoms with E-state index in [4.69, 9.17) is 9.15 Å². The van der Waals surface area contributed by atoms with Crippen molar-refractivity contribution in [3.63, 3.8) is 0 Å². The molecule has 0 N–H and O–H groups in total. The van der Waals surface area contributed by atoms with Gasteiger partial charge in [-0.1, -0.05) is 0 Å². The van der Waals surface area contributed by atoms with Gasteiger partial charge in [-0.2, -0.15) is 0 Å². The molecule has 0 saturated carbocycles. The summed E-state index contributed by atoms with van der Waals surface area (Å²) in [7, 11) is 3.44. The third-order valence-corrected chi connectivity index (χ3v) is 5.68. The van der Waals surface area contributed by atoms with Gasteiger partial charge in [0.1, 0.15) is 11.3 Å². The number of fused-ring (bicyclic) bond motifs is 2. The predicted molar refractivity (Wildman–Crippen MR) is 92.7 cm³/mol. The van der Waals surface area contributed by atoms with Crippen molar-refractivity contribution >= 4 is 22.8 Å². The molecule has 0 spiro atoms. The van der Waals surface area contributed by atoms with E-state index in [1.807, 2.05) is 31.0 Å². The zero-order valence-electron chi connectivity index (χ0n) is 14.7. The normalized spacial score (nSPS) is 23.2. The highest BCUT2D eigenvalue weighted by molar-refractivity contribution is 5.99. The summed E-state index contributed by atoms with van der Waals surface area (Å²) < 4.78 is 11.1. The smallest absolute Gasteiger partial charge is 0.289 e. The number of ether oxygens (including phenoxy) is 1. The Morgan fingerprint density at radius 3 is 2.92 bits per heavy atom. The molecule has 2 aliphatic heterocycles. The Labute approximate surface area is 146 Å². The van der Waals surface area contributed by atoms with Crippen molar-refractivity contribution in [2.45, 2.75) is 25.8 Å². The standard InChI is InChI=1S/C19H22N2O4/c1-11-14-5-4-13(24-3)9-16(14)25-18(11)19(23)21-7-6-12-8-17(22)20(2)15(12)10-21/h4-5,9,12,15H,6-8,10H2,1-3H3/t12-,15-/m1/s1. The summed E-state index contributed by atoms with van der Waals surface area (Å²) in [5.74, 6) is 1.53. The lowest BCUT2D eigenvalue weighted by molar-refractivity contribution is -0.127. The van der Waals surface area contributed by atoms with E-state index in [-0.39, 0.29) is 17.9 Å². The Kier molecular flexibility index (Phi) is 3.71. The van der Waals surface area contributed by atoms with E-state index in [9.17, 15) is 9.59 Å². The van der Waals surface area contributed by atoms with E-state index < -0.39 is 0 Å². The molecule has 0 aliphatic carbocycles. The number of carbonyl (C=O) groups is 2. The number of hydrogen-bond donors (Lipinski definition) is 0. The highest BCUT2D eigenvalue weighted by atomic mass is 16.5. The first kappa shape index (κ1) is 16.0. The summed E-state index contributed by atoms with van der Waals surface area (Å²) in [6.45, 7) is 3.15. The van der Waals surface area contributed by atoms with Gasteiger partial charge in [-0.15, -0.1) is 0 Å². The molecular formula is C19H22N2O4. The second-order valence-electron chi connectivity index (χ2n) is 6.99. The molecule has 132 valence electrons. The number of likely N-dealkylation sites (N-methyl/N-ethyl adjacent to an activating group) is 1. The Hall–Kier alpha value is -2.50. The van der Waals surface area contributed by atoms with Crippen LogP contribution in [0.15, 0.2) is 22.6 Å². The van der Waals surface area contributed by atoms with Gasteiger partial charge in [0.25, 0.3) is 5.91 Å². The van der Waals surface area contributed by atoms with Gasteiger partial charge in [0.2, 0.25) is 5.91 Å². The van der Waals surface area contributed by atoms with Gasteiger partial charge in [-0.05, 0) is 31.4 Å². The molecule has 2 amide bonds. The maximum absolute atomic E-state index is 13.0. The first-order valence-electron chi connectivity index (χ1n) is 8.61. The van der Waals surface area contributed by atoms with Crippen molar-refractivity contribution in [1.29, 1.82) is 0 Å². The minimum atomic E-state index is -0.0983. The summed E-state index contributed by atoms with van der Waals surface area (Å²) in [5, 5.41) is 0.923. The summed E-state index contributed by atoms with van der Waals surface area (Å²) in [5.41, 5.74) is 1.50. The quantitative estimate of drug-likeness (QED) is 0.841. The number of benzene rings is 1. The highest BCUT2D eigenvalue weighted by Gasteiger charge is 2.42. The van der Waals surface area contributed by atoms with Crippen LogP contribution in [-0.2, 0) is 4.79 Å². The van der Waals surface area contributed by atoms with Gasteiger partial charge in [0.15, 0.2) is 5.76 Å². The molecule has 6 nitrogen and oxygen atoms in total. The van der Waals surface area contributed by atoms with Gasteiger partial charge < -0.3 is 19.0 Å². The van der Waals surface area contributed by atoms with Crippen LogP contribution in [0.3, 0.4) is 0 Å². The number of aryl methyl sites for hydroxylation is 1. The molecule has 2 aromatic rings. The number of methoxy groups -OCH3 is 1. The number of rotatable bonds is 2. The van der Waals surface area contributed by atoms with E-state index >= 15 is 0 Å². The number of nitrogens with zero attached hydrogens (tertiary/aromatic N) is 2. The Bertz CT molecular complexity index is 856. The van der Waals surface area contributed by atoms with E-state index in [1.54, 1.807) is 18.1 Å². The molecule has 4 rings (SSSR count). The van der Waals surface area contributed by atoms with Crippen LogP contribution >= 0.6 is 0 Å². The first-order chi connectivity index (χ1) is 12.0. The summed E-state index contributed by atoms with van der Waals surface area (Å²) >= 11 is 0. The number of amides is 2. The maximum atomic E-state index is 13.0. The van der Waals surface area contributed by atoms with E-state index in [1.165, 1.54) is 0 Å². The van der Waals surface area contributed by atoms with Gasteiger partial charge >= 0.3 is 0 Å². The van der Waals surface area contributed by atoms with Crippen LogP contribution < -0.4 is 4.74 Å². The lowest BCUT2D eigenvalue weighted by Crippen LogP contribution is -2.49. The van der Waals surface area contributed by atoms with Crippen LogP contribution in [0.5, 0.6) is 5.75 Å². The van der Waals surface area contributed by atoms with Crippen LogP contribution in [0.2, 0.25) is 0 Å². The summed E-state index contributed by atoms with van der Waals surface area (Å²) in [4.78, 5) is 28.5. The topological polar surface area (TPSA) is 63.0 Å². The van der Waals surface area contributed by atoms with Crippen molar-refractivity contribution in [3.05, 3.63) is 29.5 Å². The SMILES string of the molecule is COc1ccc2c(C)c(C(=O)N3CC[C@@H]4CC(=O)N(C)[C@@H]4C3)oc2c1. The van der Waals surface area contributed by atoms with Crippen LogP contribution in [0, 0.1) is 12.8 Å². The van der Waals surface area contributed by atoms with Crippen LogP contribution in [-0.4, -0.2) is 54.9 Å². The number of furan rings is 1. The van der Waals surface area contributed by atoms with Gasteiger partial charge in [-0.3, -0.25) is 9.59 Å². The fraction of sp³-hybridized carbons (Fsp3) is 0.474. The van der Waals surface area contributed by atoms with Crippen molar-refractivity contribution in [2.24, 2.45) is 5.92 Å². The molecule has 2 atom stereocenters. The Morgan fingerprint density at radius 2 is 2.16 bits per heavy atom. The molecule has 2 fully saturated rings. The van der Waals surface area contributed by atoms with E-state index in [2.05, 4.69) is 0 Å². The zero-order chi connectivity index (χ0) is 17.7. The van der Waals surface area contributed by atoms with Crippen molar-refractivity contribution in [3.8, 4) is 5.75 Å². The highest BCUT2D eigenvalue weighted by Crippen LogP contribution is 2.34. The monoisotopic (exact) mass is 342 g/mol. The molecule has 1 aromatic carbocycles. The lowest BCUT2D eigenvalue weighted by Gasteiger charge is -2.36. The maximum Gasteiger partial charge on any atom is 0.289 e. The average Bonchev–Trinajstić information content (AvgIpc) is 3.10. The van der Waals surface area contributed by atoms with Crippen molar-refractivity contribution < 1.29 is 18.7 Å². The third-order valence-electron chi connectivity index (χ3n) is 5.68. The minimum Gasteiger partial charge on any atom is -0.497 e. The molecule has 0 radical (unpaired) electrons. The lowest BCUT2D eigenvalue weighted by atomic mass is 9.92. The molecule has 0 bridgehead atoms. The largest absolute Gasteiger partial charge is 0.497 e. The van der Waals surface area contributed by atoms with E-state index in [0.717, 1.165) is 17.4 Å². The molecule has 25 heavy (non-hydrogen) atoms. The third kappa shape index (κ3) is 2.47. The molecule has 2 saturated heterocycles. The van der Waals surface area contributed by atoms with Crippen LogP contribution in [0.1, 0.15) is 29.0 Å². The van der Waals surface area contributed by atoms with Gasteiger partial charge in [0, 0.05) is 43.6 Å². The van der Waals surface area contributed by atoms with Crippen molar-refractivity contribution in [2.75, 3.05) is 27.2 Å². The number of likely N-dealkylation sites (tertiary alicyclic amines) is 2.